The third-order valence-electron chi connectivity index (χ3n) is 4.11. The van der Waals surface area contributed by atoms with Crippen molar-refractivity contribution in [2.45, 2.75) is 17.9 Å². The predicted molar refractivity (Wildman–Crippen MR) is 89.7 cm³/mol. The molecule has 0 saturated heterocycles. The average Bonchev–Trinajstić information content (AvgIpc) is 2.78. The maximum Gasteiger partial charge on any atom is 0.141 e. The lowest BCUT2D eigenvalue weighted by atomic mass is 10.1. The van der Waals surface area contributed by atoms with Crippen LogP contribution in [0.3, 0.4) is 0 Å². The van der Waals surface area contributed by atoms with Gasteiger partial charge in [-0.25, -0.2) is 4.39 Å². The Balaban J connectivity index is 1.80. The van der Waals surface area contributed by atoms with Gasteiger partial charge >= 0.3 is 0 Å². The topological polar surface area (TPSA) is 40.8 Å². The van der Waals surface area contributed by atoms with Gasteiger partial charge in [0.1, 0.15) is 11.9 Å². The number of nitriles is 1. The number of nitrogens with zero attached hydrogens (tertiary/aromatic N) is 2. The average molecular weight is 323 g/mol. The molecule has 1 N–H and O–H groups in total. The second-order valence-electron chi connectivity index (χ2n) is 5.56. The number of hydrogen-bond donors (Lipinski definition) is 1. The molecule has 5 heteroatoms. The van der Waals surface area contributed by atoms with Crippen LogP contribution in [0, 0.1) is 17.1 Å². The third kappa shape index (κ3) is 2.50. The van der Waals surface area contributed by atoms with Gasteiger partial charge in [-0.1, -0.05) is 12.1 Å². The van der Waals surface area contributed by atoms with Crippen LogP contribution >= 0.6 is 11.9 Å². The summed E-state index contributed by atoms with van der Waals surface area (Å²) in [6, 6.07) is 12.9. The predicted octanol–water partition coefficient (Wildman–Crippen LogP) is 3.85. The molecule has 4 rings (SSSR count). The quantitative estimate of drug-likeness (QED) is 0.779. The van der Waals surface area contributed by atoms with Crippen LogP contribution in [0.2, 0.25) is 0 Å². The number of nitrogens with one attached hydrogen (secondary N) is 1. The van der Waals surface area contributed by atoms with Crippen LogP contribution in [0.4, 0.5) is 4.39 Å². The molecule has 3 nitrogen and oxygen atoms in total. The van der Waals surface area contributed by atoms with Crippen LogP contribution in [-0.4, -0.2) is 10.5 Å². The summed E-state index contributed by atoms with van der Waals surface area (Å²) in [5, 5.41) is 13.7. The number of rotatable bonds is 2. The minimum absolute atomic E-state index is 0.0812. The summed E-state index contributed by atoms with van der Waals surface area (Å²) in [6.07, 6.45) is 3.15. The monoisotopic (exact) mass is 323 g/mol. The largest absolute Gasteiger partial charge is 0.312 e. The van der Waals surface area contributed by atoms with Crippen molar-refractivity contribution in [3.63, 3.8) is 0 Å². The molecule has 1 aliphatic rings. The Labute approximate surface area is 137 Å². The van der Waals surface area contributed by atoms with Crippen molar-refractivity contribution < 1.29 is 4.39 Å². The van der Waals surface area contributed by atoms with E-state index in [1.807, 2.05) is 6.07 Å². The zero-order chi connectivity index (χ0) is 15.8. The zero-order valence-electron chi connectivity index (χ0n) is 12.3. The number of halogens is 1. The molecule has 0 aliphatic carbocycles. The van der Waals surface area contributed by atoms with E-state index in [1.165, 1.54) is 34.5 Å². The SMILES string of the molecule is N#Cc1cc(Sn2cc3c4c(cccc42)CNCC3)ccc1F. The van der Waals surface area contributed by atoms with E-state index in [0.717, 1.165) is 29.9 Å². The fraction of sp³-hybridized carbons (Fsp3) is 0.167. The summed E-state index contributed by atoms with van der Waals surface area (Å²) in [4.78, 5) is 0.854. The number of hydrogen-bond acceptors (Lipinski definition) is 3. The first kappa shape index (κ1) is 14.3. The molecule has 0 atom stereocenters. The number of benzene rings is 2. The van der Waals surface area contributed by atoms with Crippen molar-refractivity contribution in [3.8, 4) is 6.07 Å². The highest BCUT2D eigenvalue weighted by atomic mass is 32.2. The first-order valence-electron chi connectivity index (χ1n) is 7.47. The maximum absolute atomic E-state index is 13.5. The summed E-state index contributed by atoms with van der Waals surface area (Å²) < 4.78 is 15.6. The zero-order valence-corrected chi connectivity index (χ0v) is 13.2. The normalized spacial score (nSPS) is 13.7. The van der Waals surface area contributed by atoms with Gasteiger partial charge in [-0.2, -0.15) is 5.26 Å². The standard InChI is InChI=1S/C18H14FN3S/c19-16-5-4-15(8-14(16)9-20)23-22-11-13-6-7-21-10-12-2-1-3-17(22)18(12)13/h1-5,8,11,21H,6-7,10H2. The van der Waals surface area contributed by atoms with Gasteiger partial charge in [-0.15, -0.1) is 0 Å². The van der Waals surface area contributed by atoms with E-state index in [1.54, 1.807) is 12.1 Å². The van der Waals surface area contributed by atoms with Gasteiger partial charge in [0.15, 0.2) is 0 Å². The Bertz CT molecular complexity index is 939. The van der Waals surface area contributed by atoms with Crippen LogP contribution in [0.15, 0.2) is 47.5 Å². The third-order valence-corrected chi connectivity index (χ3v) is 5.07. The molecule has 0 spiro atoms. The van der Waals surface area contributed by atoms with Gasteiger partial charge in [0.25, 0.3) is 0 Å². The van der Waals surface area contributed by atoms with Crippen molar-refractivity contribution in [3.05, 3.63) is 65.1 Å². The second kappa shape index (κ2) is 5.73. The van der Waals surface area contributed by atoms with Crippen LogP contribution in [0.5, 0.6) is 0 Å². The van der Waals surface area contributed by atoms with Gasteiger partial charge in [-0.3, -0.25) is 3.97 Å². The Morgan fingerprint density at radius 3 is 3.00 bits per heavy atom. The summed E-state index contributed by atoms with van der Waals surface area (Å²) in [6.45, 7) is 1.85. The molecule has 0 amide bonds. The number of aromatic nitrogens is 1. The van der Waals surface area contributed by atoms with Crippen LogP contribution < -0.4 is 5.32 Å². The van der Waals surface area contributed by atoms with E-state index in [2.05, 4.69) is 33.7 Å². The van der Waals surface area contributed by atoms with Crippen molar-refractivity contribution in [2.24, 2.45) is 0 Å². The Morgan fingerprint density at radius 1 is 1.22 bits per heavy atom. The highest BCUT2D eigenvalue weighted by Crippen LogP contribution is 2.33. The lowest BCUT2D eigenvalue weighted by Crippen LogP contribution is -2.13. The van der Waals surface area contributed by atoms with Crippen LogP contribution in [0.25, 0.3) is 10.9 Å². The molecule has 114 valence electrons. The lowest BCUT2D eigenvalue weighted by molar-refractivity contribution is 0.622. The van der Waals surface area contributed by atoms with Gasteiger partial charge < -0.3 is 5.32 Å². The van der Waals surface area contributed by atoms with E-state index in [0.29, 0.717) is 0 Å². The van der Waals surface area contributed by atoms with E-state index in [4.69, 9.17) is 5.26 Å². The van der Waals surface area contributed by atoms with E-state index < -0.39 is 5.82 Å². The second-order valence-corrected chi connectivity index (χ2v) is 6.61. The first-order valence-corrected chi connectivity index (χ1v) is 8.24. The molecule has 1 aromatic heterocycles. The Kier molecular flexibility index (Phi) is 3.56. The molecule has 23 heavy (non-hydrogen) atoms. The van der Waals surface area contributed by atoms with Gasteiger partial charge in [0.05, 0.1) is 11.1 Å². The van der Waals surface area contributed by atoms with Gasteiger partial charge in [-0.05, 0) is 60.3 Å². The molecule has 1 aliphatic heterocycles. The molecular formula is C18H14FN3S. The summed E-state index contributed by atoms with van der Waals surface area (Å²) in [7, 11) is 0. The molecule has 0 bridgehead atoms. The summed E-state index contributed by atoms with van der Waals surface area (Å²) in [5.74, 6) is -0.474. The first-order chi connectivity index (χ1) is 11.3. The minimum Gasteiger partial charge on any atom is -0.312 e. The molecule has 3 aromatic rings. The molecule has 0 fully saturated rings. The van der Waals surface area contributed by atoms with Crippen molar-refractivity contribution in [2.75, 3.05) is 6.54 Å². The summed E-state index contributed by atoms with van der Waals surface area (Å²) >= 11 is 1.51. The Morgan fingerprint density at radius 2 is 2.13 bits per heavy atom. The molecule has 2 aromatic carbocycles. The van der Waals surface area contributed by atoms with Crippen molar-refractivity contribution in [1.29, 1.82) is 5.26 Å². The van der Waals surface area contributed by atoms with Crippen molar-refractivity contribution in [1.82, 2.24) is 9.29 Å². The smallest absolute Gasteiger partial charge is 0.141 e. The minimum atomic E-state index is -0.474. The Hall–Kier alpha value is -2.29. The molecule has 0 unspecified atom stereocenters. The molecular weight excluding hydrogens is 309 g/mol. The lowest BCUT2D eigenvalue weighted by Gasteiger charge is -2.07. The van der Waals surface area contributed by atoms with E-state index in [-0.39, 0.29) is 5.56 Å². The summed E-state index contributed by atoms with van der Waals surface area (Å²) in [5.41, 5.74) is 3.88. The highest BCUT2D eigenvalue weighted by molar-refractivity contribution is 7.98. The maximum atomic E-state index is 13.5. The fourth-order valence-corrected chi connectivity index (χ4v) is 3.99. The van der Waals surface area contributed by atoms with Crippen molar-refractivity contribution >= 4 is 22.9 Å². The van der Waals surface area contributed by atoms with E-state index in [9.17, 15) is 4.39 Å². The van der Waals surface area contributed by atoms with Gasteiger partial charge in [0.2, 0.25) is 0 Å². The van der Waals surface area contributed by atoms with E-state index >= 15 is 0 Å². The van der Waals surface area contributed by atoms with Crippen LogP contribution in [0.1, 0.15) is 16.7 Å². The highest BCUT2D eigenvalue weighted by Gasteiger charge is 2.15. The van der Waals surface area contributed by atoms with Crippen LogP contribution in [-0.2, 0) is 13.0 Å². The molecule has 0 radical (unpaired) electrons. The molecule has 2 heterocycles. The molecule has 0 saturated carbocycles. The van der Waals surface area contributed by atoms with Gasteiger partial charge in [0, 0.05) is 23.0 Å². The fourth-order valence-electron chi connectivity index (χ4n) is 3.04.